The Bertz CT molecular complexity index is 309. The fraction of sp³-hybridized carbons (Fsp3) is 0.571. The van der Waals surface area contributed by atoms with Gasteiger partial charge in [0, 0.05) is 5.56 Å². The minimum atomic E-state index is -2.78. The SMILES string of the molecule is CC(C)CCCNCC(F)(F)c1ccccc1. The first kappa shape index (κ1) is 14.1. The Hall–Kier alpha value is -0.960. The molecule has 17 heavy (non-hydrogen) atoms. The Morgan fingerprint density at radius 2 is 1.82 bits per heavy atom. The van der Waals surface area contributed by atoms with Crippen molar-refractivity contribution in [2.24, 2.45) is 5.92 Å². The zero-order valence-corrected chi connectivity index (χ0v) is 10.5. The van der Waals surface area contributed by atoms with Gasteiger partial charge in [-0.25, -0.2) is 0 Å². The van der Waals surface area contributed by atoms with E-state index in [1.54, 1.807) is 18.2 Å². The fourth-order valence-electron chi connectivity index (χ4n) is 1.66. The van der Waals surface area contributed by atoms with Gasteiger partial charge >= 0.3 is 0 Å². The lowest BCUT2D eigenvalue weighted by molar-refractivity contribution is -0.00304. The summed E-state index contributed by atoms with van der Waals surface area (Å²) < 4.78 is 27.4. The predicted octanol–water partition coefficient (Wildman–Crippen LogP) is 3.80. The van der Waals surface area contributed by atoms with E-state index in [2.05, 4.69) is 19.2 Å². The van der Waals surface area contributed by atoms with Crippen molar-refractivity contribution in [3.05, 3.63) is 35.9 Å². The summed E-state index contributed by atoms with van der Waals surface area (Å²) >= 11 is 0. The molecular weight excluding hydrogens is 220 g/mol. The van der Waals surface area contributed by atoms with Gasteiger partial charge in [0.2, 0.25) is 0 Å². The Balaban J connectivity index is 2.30. The Morgan fingerprint density at radius 3 is 2.41 bits per heavy atom. The first-order chi connectivity index (χ1) is 8.02. The summed E-state index contributed by atoms with van der Waals surface area (Å²) in [6.07, 6.45) is 2.02. The van der Waals surface area contributed by atoms with E-state index in [1.165, 1.54) is 12.1 Å². The molecule has 1 aromatic rings. The Morgan fingerprint density at radius 1 is 1.18 bits per heavy atom. The van der Waals surface area contributed by atoms with E-state index in [1.807, 2.05) is 0 Å². The van der Waals surface area contributed by atoms with Gasteiger partial charge in [-0.1, -0.05) is 44.2 Å². The van der Waals surface area contributed by atoms with Crippen molar-refractivity contribution in [1.82, 2.24) is 5.32 Å². The van der Waals surface area contributed by atoms with Gasteiger partial charge in [-0.3, -0.25) is 0 Å². The van der Waals surface area contributed by atoms with Crippen molar-refractivity contribution in [2.45, 2.75) is 32.6 Å². The van der Waals surface area contributed by atoms with Crippen molar-refractivity contribution in [3.63, 3.8) is 0 Å². The number of alkyl halides is 2. The minimum Gasteiger partial charge on any atom is -0.311 e. The third-order valence-electron chi connectivity index (χ3n) is 2.68. The summed E-state index contributed by atoms with van der Waals surface area (Å²) in [6, 6.07) is 7.96. The van der Waals surface area contributed by atoms with Crippen molar-refractivity contribution in [3.8, 4) is 0 Å². The standard InChI is InChI=1S/C14H21F2N/c1-12(2)7-6-10-17-11-14(15,16)13-8-4-3-5-9-13/h3-5,8-9,12,17H,6-7,10-11H2,1-2H3. The summed E-state index contributed by atoms with van der Waals surface area (Å²) in [7, 11) is 0. The molecule has 0 aromatic heterocycles. The maximum absolute atomic E-state index is 13.7. The molecule has 0 aliphatic rings. The normalized spacial score (nSPS) is 12.1. The van der Waals surface area contributed by atoms with Crippen LogP contribution in [0.15, 0.2) is 30.3 Å². The van der Waals surface area contributed by atoms with Gasteiger partial charge in [0.1, 0.15) is 0 Å². The lowest BCUT2D eigenvalue weighted by atomic mass is 10.1. The van der Waals surface area contributed by atoms with Crippen LogP contribution in [0.2, 0.25) is 0 Å². The average Bonchev–Trinajstić information content (AvgIpc) is 2.29. The highest BCUT2D eigenvalue weighted by Gasteiger charge is 2.30. The van der Waals surface area contributed by atoms with Crippen molar-refractivity contribution in [1.29, 1.82) is 0 Å². The average molecular weight is 241 g/mol. The van der Waals surface area contributed by atoms with Crippen LogP contribution < -0.4 is 5.32 Å². The van der Waals surface area contributed by atoms with Crippen molar-refractivity contribution in [2.75, 3.05) is 13.1 Å². The third-order valence-corrected chi connectivity index (χ3v) is 2.68. The Labute approximate surface area is 102 Å². The van der Waals surface area contributed by atoms with Crippen LogP contribution >= 0.6 is 0 Å². The van der Waals surface area contributed by atoms with Crippen LogP contribution in [0.5, 0.6) is 0 Å². The monoisotopic (exact) mass is 241 g/mol. The van der Waals surface area contributed by atoms with Crippen LogP contribution in [-0.4, -0.2) is 13.1 Å². The number of benzene rings is 1. The molecule has 0 aliphatic carbocycles. The number of hydrogen-bond acceptors (Lipinski definition) is 1. The van der Waals surface area contributed by atoms with Gasteiger partial charge in [-0.15, -0.1) is 0 Å². The molecule has 0 radical (unpaired) electrons. The zero-order chi connectivity index (χ0) is 12.7. The van der Waals surface area contributed by atoms with Gasteiger partial charge in [-0.2, -0.15) is 8.78 Å². The fourth-order valence-corrected chi connectivity index (χ4v) is 1.66. The molecule has 1 rings (SSSR count). The summed E-state index contributed by atoms with van der Waals surface area (Å²) in [5.41, 5.74) is 0.0800. The molecule has 0 heterocycles. The van der Waals surface area contributed by atoms with Crippen LogP contribution in [0.4, 0.5) is 8.78 Å². The van der Waals surface area contributed by atoms with E-state index < -0.39 is 5.92 Å². The molecule has 0 unspecified atom stereocenters. The molecule has 1 N–H and O–H groups in total. The molecule has 0 saturated carbocycles. The second kappa shape index (κ2) is 6.70. The number of hydrogen-bond donors (Lipinski definition) is 1. The van der Waals surface area contributed by atoms with Crippen LogP contribution in [0.25, 0.3) is 0 Å². The van der Waals surface area contributed by atoms with E-state index in [9.17, 15) is 8.78 Å². The Kier molecular flexibility index (Phi) is 5.56. The molecular formula is C14H21F2N. The molecule has 0 bridgehead atoms. The highest BCUT2D eigenvalue weighted by atomic mass is 19.3. The quantitative estimate of drug-likeness (QED) is 0.716. The summed E-state index contributed by atoms with van der Waals surface area (Å²) in [5, 5.41) is 2.83. The molecule has 0 amide bonds. The summed E-state index contributed by atoms with van der Waals surface area (Å²) in [4.78, 5) is 0. The number of nitrogens with one attached hydrogen (secondary N) is 1. The first-order valence-electron chi connectivity index (χ1n) is 6.16. The second-order valence-corrected chi connectivity index (χ2v) is 4.78. The molecule has 3 heteroatoms. The minimum absolute atomic E-state index is 0.0800. The second-order valence-electron chi connectivity index (χ2n) is 4.78. The molecule has 1 aromatic carbocycles. The maximum atomic E-state index is 13.7. The largest absolute Gasteiger partial charge is 0.311 e. The van der Waals surface area contributed by atoms with Gasteiger partial charge < -0.3 is 5.32 Å². The van der Waals surface area contributed by atoms with Crippen LogP contribution in [0.3, 0.4) is 0 Å². The number of halogens is 2. The maximum Gasteiger partial charge on any atom is 0.285 e. The summed E-state index contributed by atoms with van der Waals surface area (Å²) in [6.45, 7) is 4.65. The predicted molar refractivity (Wildman–Crippen MR) is 67.3 cm³/mol. The van der Waals surface area contributed by atoms with Gasteiger partial charge in [0.05, 0.1) is 6.54 Å². The van der Waals surface area contributed by atoms with Crippen molar-refractivity contribution >= 4 is 0 Å². The molecule has 0 spiro atoms. The van der Waals surface area contributed by atoms with Crippen LogP contribution in [-0.2, 0) is 5.92 Å². The summed E-state index contributed by atoms with van der Waals surface area (Å²) in [5.74, 6) is -2.15. The van der Waals surface area contributed by atoms with E-state index >= 15 is 0 Å². The van der Waals surface area contributed by atoms with Gasteiger partial charge in [0.25, 0.3) is 5.92 Å². The van der Waals surface area contributed by atoms with Crippen LogP contribution in [0, 0.1) is 5.92 Å². The highest BCUT2D eigenvalue weighted by Crippen LogP contribution is 2.26. The lowest BCUT2D eigenvalue weighted by Crippen LogP contribution is -2.31. The zero-order valence-electron chi connectivity index (χ0n) is 10.5. The molecule has 96 valence electrons. The first-order valence-corrected chi connectivity index (χ1v) is 6.16. The lowest BCUT2D eigenvalue weighted by Gasteiger charge is -2.17. The van der Waals surface area contributed by atoms with Gasteiger partial charge in [0.15, 0.2) is 0 Å². The topological polar surface area (TPSA) is 12.0 Å². The molecule has 0 saturated heterocycles. The molecule has 1 nitrogen and oxygen atoms in total. The van der Waals surface area contributed by atoms with E-state index in [0.29, 0.717) is 12.5 Å². The van der Waals surface area contributed by atoms with Crippen LogP contribution in [0.1, 0.15) is 32.3 Å². The highest BCUT2D eigenvalue weighted by molar-refractivity contribution is 5.20. The van der Waals surface area contributed by atoms with E-state index in [4.69, 9.17) is 0 Å². The van der Waals surface area contributed by atoms with Crippen molar-refractivity contribution < 1.29 is 8.78 Å². The smallest absolute Gasteiger partial charge is 0.285 e. The molecule has 0 aliphatic heterocycles. The van der Waals surface area contributed by atoms with E-state index in [-0.39, 0.29) is 12.1 Å². The van der Waals surface area contributed by atoms with E-state index in [0.717, 1.165) is 12.8 Å². The molecule has 0 atom stereocenters. The van der Waals surface area contributed by atoms with Gasteiger partial charge in [-0.05, 0) is 25.3 Å². The number of rotatable bonds is 7. The molecule has 0 fully saturated rings. The third kappa shape index (κ3) is 5.26.